The van der Waals surface area contributed by atoms with Crippen molar-refractivity contribution in [1.29, 1.82) is 0 Å². The lowest BCUT2D eigenvalue weighted by atomic mass is 9.95. The average molecular weight is 704 g/mol. The zero-order chi connectivity index (χ0) is 36.8. The third-order valence-electron chi connectivity index (χ3n) is 9.73. The quantitative estimate of drug-likeness (QED) is 0.187. The highest BCUT2D eigenvalue weighted by atomic mass is 19.1. The van der Waals surface area contributed by atoms with Gasteiger partial charge in [-0.05, 0) is 55.5 Å². The minimum Gasteiger partial charge on any atom is -0.477 e. The number of carbonyl (C=O) groups is 3. The number of carboxylic acids is 1. The standard InChI is InChI=1S/C37H46FN7O6/c1-5-42-20-28(36(48)49)35(47)27-18-29(38)33(19-32(27)42)43-13-15-44(16-14-43)37(50)51-22-26-10-8-25(9-11-26)17-34(46)31(7-6-12-39)45-21-30(40-41-45)24(4)23(2)3/h8-11,18-21,23-24,31H,5-7,12-17,22,39H2,1-4H3,(H,48,49)/t24-,31-/m0/s1. The number of carboxylic acid groups (broad SMARTS) is 1. The first-order valence-corrected chi connectivity index (χ1v) is 17.4. The van der Waals surface area contributed by atoms with Gasteiger partial charge in [0.25, 0.3) is 0 Å². The van der Waals surface area contributed by atoms with E-state index in [-0.39, 0.29) is 35.8 Å². The molecule has 0 spiro atoms. The van der Waals surface area contributed by atoms with E-state index in [1.165, 1.54) is 6.20 Å². The summed E-state index contributed by atoms with van der Waals surface area (Å²) >= 11 is 0. The van der Waals surface area contributed by atoms with E-state index in [1.54, 1.807) is 25.1 Å². The van der Waals surface area contributed by atoms with Gasteiger partial charge in [-0.3, -0.25) is 9.59 Å². The van der Waals surface area contributed by atoms with Gasteiger partial charge in [-0.25, -0.2) is 18.7 Å². The highest BCUT2D eigenvalue weighted by Gasteiger charge is 2.26. The maximum atomic E-state index is 15.3. The van der Waals surface area contributed by atoms with Crippen LogP contribution in [0.4, 0.5) is 14.9 Å². The highest BCUT2D eigenvalue weighted by Crippen LogP contribution is 2.27. The molecule has 1 aliphatic heterocycles. The van der Waals surface area contributed by atoms with Crippen LogP contribution < -0.4 is 16.1 Å². The number of Topliss-reactive ketones (excluding diaryl/α,β-unsaturated/α-hetero) is 1. The van der Waals surface area contributed by atoms with Gasteiger partial charge >= 0.3 is 12.1 Å². The SMILES string of the molecule is CCn1cc(C(=O)O)c(=O)c2cc(F)c(N3CCN(C(=O)OCc4ccc(CC(=O)[C@H](CCCN)n5cc([C@@H](C)C(C)C)nn5)cc4)CC3)cc21. The number of aromatic nitrogens is 4. The van der Waals surface area contributed by atoms with Gasteiger partial charge in [-0.15, -0.1) is 5.10 Å². The van der Waals surface area contributed by atoms with Crippen LogP contribution in [0.1, 0.15) is 79.7 Å². The van der Waals surface area contributed by atoms with Crippen molar-refractivity contribution in [2.24, 2.45) is 11.7 Å². The van der Waals surface area contributed by atoms with E-state index in [4.69, 9.17) is 10.5 Å². The van der Waals surface area contributed by atoms with Gasteiger partial charge in [0.05, 0.1) is 16.9 Å². The van der Waals surface area contributed by atoms with E-state index in [2.05, 4.69) is 31.1 Å². The summed E-state index contributed by atoms with van der Waals surface area (Å²) in [6, 6.07) is 9.56. The molecule has 0 saturated carbocycles. The number of nitrogens with zero attached hydrogens (tertiary/aromatic N) is 6. The van der Waals surface area contributed by atoms with Crippen LogP contribution >= 0.6 is 0 Å². The zero-order valence-corrected chi connectivity index (χ0v) is 29.5. The monoisotopic (exact) mass is 703 g/mol. The number of benzene rings is 2. The molecule has 5 rings (SSSR count). The smallest absolute Gasteiger partial charge is 0.410 e. The number of aryl methyl sites for hydroxylation is 1. The number of pyridine rings is 1. The minimum absolute atomic E-state index is 0.00337. The summed E-state index contributed by atoms with van der Waals surface area (Å²) in [5, 5.41) is 18.0. The second-order valence-electron chi connectivity index (χ2n) is 13.4. The number of anilines is 1. The Hall–Kier alpha value is -5.11. The number of amides is 1. The molecule has 2 aromatic carbocycles. The molecule has 2 aromatic heterocycles. The summed E-state index contributed by atoms with van der Waals surface area (Å²) in [7, 11) is 0. The third kappa shape index (κ3) is 8.44. The van der Waals surface area contributed by atoms with Gasteiger partial charge in [-0.2, -0.15) is 0 Å². The number of halogens is 1. The molecule has 0 unspecified atom stereocenters. The fourth-order valence-electron chi connectivity index (χ4n) is 6.24. The highest BCUT2D eigenvalue weighted by molar-refractivity contribution is 5.93. The number of carbonyl (C=O) groups excluding carboxylic acids is 2. The second kappa shape index (κ2) is 16.3. The molecule has 1 fully saturated rings. The molecule has 14 heteroatoms. The molecule has 1 saturated heterocycles. The van der Waals surface area contributed by atoms with Crippen LogP contribution in [0, 0.1) is 11.7 Å². The Bertz CT molecular complexity index is 1930. The van der Waals surface area contributed by atoms with E-state index in [9.17, 15) is 24.3 Å². The van der Waals surface area contributed by atoms with Crippen molar-refractivity contribution in [2.75, 3.05) is 37.6 Å². The van der Waals surface area contributed by atoms with Gasteiger partial charge in [0, 0.05) is 62.8 Å². The Morgan fingerprint density at radius 3 is 2.33 bits per heavy atom. The molecular formula is C37H46FN7O6. The minimum atomic E-state index is -1.36. The summed E-state index contributed by atoms with van der Waals surface area (Å²) in [5.41, 5.74) is 7.79. The molecule has 0 bridgehead atoms. The maximum absolute atomic E-state index is 15.3. The van der Waals surface area contributed by atoms with Crippen LogP contribution in [0.5, 0.6) is 0 Å². The first-order valence-electron chi connectivity index (χ1n) is 17.4. The molecule has 51 heavy (non-hydrogen) atoms. The molecule has 4 aromatic rings. The van der Waals surface area contributed by atoms with Gasteiger partial charge in [0.2, 0.25) is 5.43 Å². The fourth-order valence-corrected chi connectivity index (χ4v) is 6.24. The molecule has 0 aliphatic carbocycles. The van der Waals surface area contributed by atoms with Crippen LogP contribution in [-0.4, -0.2) is 80.1 Å². The molecule has 3 N–H and O–H groups in total. The van der Waals surface area contributed by atoms with Gasteiger partial charge < -0.3 is 29.9 Å². The maximum Gasteiger partial charge on any atom is 0.410 e. The lowest BCUT2D eigenvalue weighted by Crippen LogP contribution is -2.49. The number of fused-ring (bicyclic) bond motifs is 1. The molecular weight excluding hydrogens is 657 g/mol. The molecule has 0 radical (unpaired) electrons. The Morgan fingerprint density at radius 1 is 1.02 bits per heavy atom. The fraction of sp³-hybridized carbons (Fsp3) is 0.459. The van der Waals surface area contributed by atoms with E-state index in [0.29, 0.717) is 63.5 Å². The van der Waals surface area contributed by atoms with Crippen LogP contribution in [0.15, 0.2) is 53.6 Å². The Labute approximate surface area is 295 Å². The van der Waals surface area contributed by atoms with E-state index in [0.717, 1.165) is 22.9 Å². The first-order chi connectivity index (χ1) is 24.4. The van der Waals surface area contributed by atoms with Crippen LogP contribution in [0.2, 0.25) is 0 Å². The van der Waals surface area contributed by atoms with Crippen molar-refractivity contribution in [3.8, 4) is 0 Å². The molecule has 1 aliphatic rings. The number of nitrogens with two attached hydrogens (primary N) is 1. The number of rotatable bonds is 14. The molecule has 272 valence electrons. The second-order valence-corrected chi connectivity index (χ2v) is 13.4. The van der Waals surface area contributed by atoms with Crippen molar-refractivity contribution in [1.82, 2.24) is 24.5 Å². The largest absolute Gasteiger partial charge is 0.477 e. The molecule has 2 atom stereocenters. The Kier molecular flexibility index (Phi) is 11.9. The van der Waals surface area contributed by atoms with Gasteiger partial charge in [-0.1, -0.05) is 50.3 Å². The van der Waals surface area contributed by atoms with E-state index >= 15 is 4.39 Å². The predicted octanol–water partition coefficient (Wildman–Crippen LogP) is 4.76. The Morgan fingerprint density at radius 2 is 1.71 bits per heavy atom. The first kappa shape index (κ1) is 37.2. The number of ether oxygens (including phenoxy) is 1. The number of piperazine rings is 1. The van der Waals surface area contributed by atoms with Crippen molar-refractivity contribution < 1.29 is 28.6 Å². The number of hydrogen-bond donors (Lipinski definition) is 2. The molecule has 3 heterocycles. The lowest BCUT2D eigenvalue weighted by Gasteiger charge is -2.35. The summed E-state index contributed by atoms with van der Waals surface area (Å²) in [6.07, 6.45) is 4.13. The van der Waals surface area contributed by atoms with Crippen LogP contribution in [-0.2, 0) is 29.1 Å². The van der Waals surface area contributed by atoms with Crippen LogP contribution in [0.3, 0.4) is 0 Å². The van der Waals surface area contributed by atoms with Crippen molar-refractivity contribution in [3.63, 3.8) is 0 Å². The summed E-state index contributed by atoms with van der Waals surface area (Å²) in [4.78, 5) is 53.9. The van der Waals surface area contributed by atoms with Crippen molar-refractivity contribution in [2.45, 2.75) is 72.1 Å². The third-order valence-corrected chi connectivity index (χ3v) is 9.73. The lowest BCUT2D eigenvalue weighted by molar-refractivity contribution is -0.122. The topological polar surface area (TPSA) is 166 Å². The number of ketones is 1. The van der Waals surface area contributed by atoms with Gasteiger partial charge in [0.1, 0.15) is 24.0 Å². The normalized spacial score (nSPS) is 14.6. The van der Waals surface area contributed by atoms with Crippen LogP contribution in [0.25, 0.3) is 10.9 Å². The van der Waals surface area contributed by atoms with Crippen molar-refractivity contribution in [3.05, 3.63) is 87.2 Å². The average Bonchev–Trinajstić information content (AvgIpc) is 3.61. The number of aromatic carboxylic acids is 1. The summed E-state index contributed by atoms with van der Waals surface area (Å²) in [6.45, 7) is 10.3. The van der Waals surface area contributed by atoms with E-state index < -0.39 is 34.9 Å². The molecule has 13 nitrogen and oxygen atoms in total. The summed E-state index contributed by atoms with van der Waals surface area (Å²) in [5.74, 6) is -1.37. The van der Waals surface area contributed by atoms with Crippen molar-refractivity contribution >= 4 is 34.4 Å². The zero-order valence-electron chi connectivity index (χ0n) is 29.5. The van der Waals surface area contributed by atoms with Gasteiger partial charge in [0.15, 0.2) is 5.78 Å². The summed E-state index contributed by atoms with van der Waals surface area (Å²) < 4.78 is 24.1. The molecule has 1 amide bonds. The number of hydrogen-bond acceptors (Lipinski definition) is 9. The van der Waals surface area contributed by atoms with E-state index in [1.807, 2.05) is 37.4 Å². The predicted molar refractivity (Wildman–Crippen MR) is 191 cm³/mol. The Balaban J connectivity index is 1.15.